The molecule has 1 aromatic rings. The average molecular weight is 264 g/mol. The van der Waals surface area contributed by atoms with Crippen LogP contribution >= 0.6 is 0 Å². The van der Waals surface area contributed by atoms with Crippen molar-refractivity contribution in [3.05, 3.63) is 22.6 Å². The molecule has 0 spiro atoms. The highest BCUT2D eigenvalue weighted by atomic mass is 16.3. The second-order valence-electron chi connectivity index (χ2n) is 5.71. The average Bonchev–Trinajstić information content (AvgIpc) is 2.62. The summed E-state index contributed by atoms with van der Waals surface area (Å²) in [5.74, 6) is 2.09. The van der Waals surface area contributed by atoms with Gasteiger partial charge in [-0.05, 0) is 52.4 Å². The molecule has 0 atom stereocenters. The summed E-state index contributed by atoms with van der Waals surface area (Å²) in [6, 6.07) is 0.355. The molecule has 3 N–H and O–H groups in total. The summed E-state index contributed by atoms with van der Waals surface area (Å²) in [4.78, 5) is 12.2. The fourth-order valence-corrected chi connectivity index (χ4v) is 2.85. The minimum absolute atomic E-state index is 0.0123. The number of nitrogens with two attached hydrogens (primary N) is 1. The minimum atomic E-state index is -0.0123. The first-order chi connectivity index (χ1) is 8.99. The van der Waals surface area contributed by atoms with Gasteiger partial charge in [-0.2, -0.15) is 0 Å². The Balaban J connectivity index is 1.91. The summed E-state index contributed by atoms with van der Waals surface area (Å²) in [7, 11) is 0. The van der Waals surface area contributed by atoms with E-state index >= 15 is 0 Å². The van der Waals surface area contributed by atoms with Crippen LogP contribution in [0.15, 0.2) is 4.42 Å². The van der Waals surface area contributed by atoms with Crippen molar-refractivity contribution in [2.75, 3.05) is 6.54 Å². The Morgan fingerprint density at radius 3 is 2.37 bits per heavy atom. The molecule has 1 amide bonds. The summed E-state index contributed by atoms with van der Waals surface area (Å²) >= 11 is 0. The van der Waals surface area contributed by atoms with Gasteiger partial charge in [-0.1, -0.05) is 0 Å². The molecule has 4 heteroatoms. The summed E-state index contributed by atoms with van der Waals surface area (Å²) in [5.41, 5.74) is 7.53. The summed E-state index contributed by atoms with van der Waals surface area (Å²) in [6.07, 6.45) is 4.38. The van der Waals surface area contributed by atoms with Crippen LogP contribution in [0.25, 0.3) is 0 Å². The highest BCUT2D eigenvalue weighted by Crippen LogP contribution is 2.23. The lowest BCUT2D eigenvalue weighted by molar-refractivity contribution is 0.0941. The van der Waals surface area contributed by atoms with E-state index in [1.807, 2.05) is 20.8 Å². The Labute approximate surface area is 114 Å². The van der Waals surface area contributed by atoms with Crippen LogP contribution in [0, 0.1) is 26.7 Å². The highest BCUT2D eigenvalue weighted by molar-refractivity contribution is 5.96. The zero-order chi connectivity index (χ0) is 14.0. The summed E-state index contributed by atoms with van der Waals surface area (Å²) in [5, 5.41) is 3.04. The number of amides is 1. The number of carbonyl (C=O) groups excluding carboxylic acids is 1. The van der Waals surface area contributed by atoms with E-state index in [4.69, 9.17) is 10.2 Å². The number of nitrogens with one attached hydrogen (secondary N) is 1. The van der Waals surface area contributed by atoms with Gasteiger partial charge in [0.2, 0.25) is 0 Å². The number of aryl methyl sites for hydroxylation is 2. The Morgan fingerprint density at radius 2 is 1.84 bits per heavy atom. The van der Waals surface area contributed by atoms with E-state index in [1.165, 1.54) is 0 Å². The molecule has 0 radical (unpaired) electrons. The number of hydrogen-bond donors (Lipinski definition) is 2. The highest BCUT2D eigenvalue weighted by Gasteiger charge is 2.22. The summed E-state index contributed by atoms with van der Waals surface area (Å²) in [6.45, 7) is 6.41. The number of carbonyl (C=O) groups is 1. The van der Waals surface area contributed by atoms with Crippen LogP contribution in [0.3, 0.4) is 0 Å². The van der Waals surface area contributed by atoms with E-state index in [2.05, 4.69) is 5.32 Å². The van der Waals surface area contributed by atoms with Crippen molar-refractivity contribution in [3.63, 3.8) is 0 Å². The smallest absolute Gasteiger partial charge is 0.255 e. The van der Waals surface area contributed by atoms with Gasteiger partial charge in [0.15, 0.2) is 0 Å². The molecule has 2 rings (SSSR count). The van der Waals surface area contributed by atoms with E-state index in [0.717, 1.165) is 43.6 Å². The van der Waals surface area contributed by atoms with Crippen LogP contribution in [0.1, 0.15) is 53.1 Å². The van der Waals surface area contributed by atoms with Gasteiger partial charge < -0.3 is 15.5 Å². The second kappa shape index (κ2) is 5.78. The molecule has 106 valence electrons. The third-order valence-corrected chi connectivity index (χ3v) is 4.23. The van der Waals surface area contributed by atoms with Gasteiger partial charge in [-0.3, -0.25) is 4.79 Å². The third kappa shape index (κ3) is 3.18. The molecule has 1 heterocycles. The standard InChI is InChI=1S/C15H24N2O2/c1-9-10(2)19-11(3)14(9)15(18)17-8-12-4-6-13(16)7-5-12/h12-13H,4-8,16H2,1-3H3,(H,17,18). The normalized spacial score (nSPS) is 23.4. The first kappa shape index (κ1) is 14.1. The van der Waals surface area contributed by atoms with Gasteiger partial charge in [0.25, 0.3) is 5.91 Å². The van der Waals surface area contributed by atoms with Gasteiger partial charge in [-0.25, -0.2) is 0 Å². The van der Waals surface area contributed by atoms with E-state index in [1.54, 1.807) is 0 Å². The van der Waals surface area contributed by atoms with E-state index in [9.17, 15) is 4.79 Å². The van der Waals surface area contributed by atoms with Crippen molar-refractivity contribution in [2.24, 2.45) is 11.7 Å². The summed E-state index contributed by atoms with van der Waals surface area (Å²) < 4.78 is 5.49. The van der Waals surface area contributed by atoms with Crippen molar-refractivity contribution in [1.29, 1.82) is 0 Å². The van der Waals surface area contributed by atoms with Crippen LogP contribution in [0.4, 0.5) is 0 Å². The molecule has 1 saturated carbocycles. The maximum Gasteiger partial charge on any atom is 0.255 e. The SMILES string of the molecule is Cc1oc(C)c(C(=O)NCC2CCC(N)CC2)c1C. The van der Waals surface area contributed by atoms with Gasteiger partial charge in [0.1, 0.15) is 11.5 Å². The van der Waals surface area contributed by atoms with Crippen LogP contribution in [-0.4, -0.2) is 18.5 Å². The largest absolute Gasteiger partial charge is 0.466 e. The number of rotatable bonds is 3. The maximum absolute atomic E-state index is 12.2. The molecule has 1 aliphatic carbocycles. The van der Waals surface area contributed by atoms with Crippen molar-refractivity contribution in [3.8, 4) is 0 Å². The minimum Gasteiger partial charge on any atom is -0.466 e. The van der Waals surface area contributed by atoms with Crippen LogP contribution in [0.2, 0.25) is 0 Å². The molecular weight excluding hydrogens is 240 g/mol. The second-order valence-corrected chi connectivity index (χ2v) is 5.71. The van der Waals surface area contributed by atoms with Gasteiger partial charge in [-0.15, -0.1) is 0 Å². The fraction of sp³-hybridized carbons (Fsp3) is 0.667. The van der Waals surface area contributed by atoms with Crippen molar-refractivity contribution >= 4 is 5.91 Å². The zero-order valence-electron chi connectivity index (χ0n) is 12.1. The predicted octanol–water partition coefficient (Wildman–Crippen LogP) is 2.45. The van der Waals surface area contributed by atoms with Crippen LogP contribution in [0.5, 0.6) is 0 Å². The topological polar surface area (TPSA) is 68.3 Å². The first-order valence-corrected chi connectivity index (χ1v) is 7.09. The molecule has 4 nitrogen and oxygen atoms in total. The Hall–Kier alpha value is -1.29. The molecule has 0 aromatic carbocycles. The Morgan fingerprint density at radius 1 is 1.21 bits per heavy atom. The number of furan rings is 1. The molecule has 1 fully saturated rings. The van der Waals surface area contributed by atoms with E-state index in [0.29, 0.717) is 23.3 Å². The lowest BCUT2D eigenvalue weighted by atomic mass is 9.86. The van der Waals surface area contributed by atoms with E-state index < -0.39 is 0 Å². The van der Waals surface area contributed by atoms with Crippen molar-refractivity contribution in [1.82, 2.24) is 5.32 Å². The van der Waals surface area contributed by atoms with E-state index in [-0.39, 0.29) is 5.91 Å². The predicted molar refractivity (Wildman–Crippen MR) is 75.2 cm³/mol. The molecule has 0 saturated heterocycles. The lowest BCUT2D eigenvalue weighted by Gasteiger charge is -2.26. The maximum atomic E-state index is 12.2. The first-order valence-electron chi connectivity index (χ1n) is 7.09. The Bertz CT molecular complexity index is 457. The zero-order valence-corrected chi connectivity index (χ0v) is 12.1. The molecule has 1 aliphatic rings. The molecule has 1 aromatic heterocycles. The number of hydrogen-bond acceptors (Lipinski definition) is 3. The molecule has 0 aliphatic heterocycles. The van der Waals surface area contributed by atoms with Crippen LogP contribution < -0.4 is 11.1 Å². The third-order valence-electron chi connectivity index (χ3n) is 4.23. The lowest BCUT2D eigenvalue weighted by Crippen LogP contribution is -2.34. The molecule has 0 unspecified atom stereocenters. The monoisotopic (exact) mass is 264 g/mol. The van der Waals surface area contributed by atoms with Gasteiger partial charge in [0, 0.05) is 18.2 Å². The quantitative estimate of drug-likeness (QED) is 0.881. The molecule has 19 heavy (non-hydrogen) atoms. The fourth-order valence-electron chi connectivity index (χ4n) is 2.85. The van der Waals surface area contributed by atoms with Crippen molar-refractivity contribution in [2.45, 2.75) is 52.5 Å². The van der Waals surface area contributed by atoms with Crippen LogP contribution in [-0.2, 0) is 0 Å². The molecular formula is C15H24N2O2. The Kier molecular flexibility index (Phi) is 4.30. The molecule has 0 bridgehead atoms. The van der Waals surface area contributed by atoms with Gasteiger partial charge in [0.05, 0.1) is 5.56 Å². The van der Waals surface area contributed by atoms with Gasteiger partial charge >= 0.3 is 0 Å². The van der Waals surface area contributed by atoms with Crippen molar-refractivity contribution < 1.29 is 9.21 Å².